The van der Waals surface area contributed by atoms with Crippen LogP contribution < -0.4 is 0 Å². The largest absolute Gasteiger partial charge is 0.444 e. The first kappa shape index (κ1) is 17.2. The summed E-state index contributed by atoms with van der Waals surface area (Å²) in [5, 5.41) is 20.3. The normalized spacial score (nSPS) is 25.9. The second-order valence-corrected chi connectivity index (χ2v) is 7.16. The van der Waals surface area contributed by atoms with Crippen LogP contribution in [0.1, 0.15) is 38.9 Å². The molecule has 3 atom stereocenters. The van der Waals surface area contributed by atoms with Gasteiger partial charge >= 0.3 is 6.09 Å². The lowest BCUT2D eigenvalue weighted by atomic mass is 9.93. The summed E-state index contributed by atoms with van der Waals surface area (Å²) in [6.45, 7) is 5.65. The van der Waals surface area contributed by atoms with Gasteiger partial charge in [0.2, 0.25) is 0 Å². The van der Waals surface area contributed by atoms with E-state index in [0.29, 0.717) is 23.3 Å². The van der Waals surface area contributed by atoms with Crippen molar-refractivity contribution in [3.8, 4) is 0 Å². The molecule has 1 unspecified atom stereocenters. The highest BCUT2D eigenvalue weighted by Gasteiger charge is 2.41. The lowest BCUT2D eigenvalue weighted by Gasteiger charge is -2.41. The zero-order valence-electron chi connectivity index (χ0n) is 12.9. The Bertz CT molecular complexity index is 547. The van der Waals surface area contributed by atoms with Crippen LogP contribution in [0.5, 0.6) is 0 Å². The lowest BCUT2D eigenvalue weighted by Crippen LogP contribution is -2.52. The number of carbonyl (C=O) groups excluding carboxylic acids is 1. The van der Waals surface area contributed by atoms with E-state index in [-0.39, 0.29) is 0 Å². The van der Waals surface area contributed by atoms with Gasteiger partial charge < -0.3 is 14.9 Å². The van der Waals surface area contributed by atoms with Gasteiger partial charge in [-0.3, -0.25) is 4.90 Å². The summed E-state index contributed by atoms with van der Waals surface area (Å²) in [4.78, 5) is 18.1. The van der Waals surface area contributed by atoms with Crippen molar-refractivity contribution >= 4 is 22.0 Å². The molecule has 0 bridgehead atoms. The number of nitrogens with zero attached hydrogens (tertiary/aromatic N) is 2. The summed E-state index contributed by atoms with van der Waals surface area (Å²) in [5.41, 5.74) is -0.126. The van der Waals surface area contributed by atoms with Crippen LogP contribution in [0.3, 0.4) is 0 Å². The third kappa shape index (κ3) is 3.97. The van der Waals surface area contributed by atoms with Crippen molar-refractivity contribution in [3.05, 3.63) is 28.5 Å². The molecule has 0 aliphatic carbocycles. The maximum Gasteiger partial charge on any atom is 0.410 e. The Balaban J connectivity index is 2.32. The molecule has 1 saturated heterocycles. The van der Waals surface area contributed by atoms with Crippen molar-refractivity contribution in [2.75, 3.05) is 6.54 Å². The van der Waals surface area contributed by atoms with Gasteiger partial charge in [-0.2, -0.15) is 0 Å². The average molecular weight is 373 g/mol. The number of aromatic nitrogens is 1. The number of hydrogen-bond acceptors (Lipinski definition) is 5. The number of aliphatic hydroxyl groups is 2. The third-order valence-corrected chi connectivity index (χ3v) is 3.83. The van der Waals surface area contributed by atoms with Crippen molar-refractivity contribution < 1.29 is 19.7 Å². The van der Waals surface area contributed by atoms with Crippen molar-refractivity contribution in [3.63, 3.8) is 0 Å². The fourth-order valence-corrected chi connectivity index (χ4v) is 2.78. The molecule has 6 nitrogen and oxygen atoms in total. The number of piperidine rings is 1. The van der Waals surface area contributed by atoms with E-state index in [1.807, 2.05) is 0 Å². The highest BCUT2D eigenvalue weighted by Crippen LogP contribution is 2.32. The summed E-state index contributed by atoms with van der Waals surface area (Å²) < 4.78 is 6.00. The molecule has 1 amide bonds. The van der Waals surface area contributed by atoms with Crippen molar-refractivity contribution in [1.29, 1.82) is 0 Å². The first-order chi connectivity index (χ1) is 10.2. The number of hydrogen-bond donors (Lipinski definition) is 2. The van der Waals surface area contributed by atoms with E-state index in [2.05, 4.69) is 20.9 Å². The van der Waals surface area contributed by atoms with E-state index in [9.17, 15) is 15.0 Å². The van der Waals surface area contributed by atoms with Crippen LogP contribution in [0.4, 0.5) is 4.79 Å². The second-order valence-electron chi connectivity index (χ2n) is 6.35. The number of ether oxygens (including phenoxy) is 1. The smallest absolute Gasteiger partial charge is 0.410 e. The number of amides is 1. The van der Waals surface area contributed by atoms with Crippen molar-refractivity contribution in [2.45, 2.75) is 51.0 Å². The number of pyridine rings is 1. The SMILES string of the molecule is CC(C)(C)OC(=O)N1CC[C@@H](O)[C@H](O)C1c1cccc(Br)n1. The van der Waals surface area contributed by atoms with E-state index in [1.54, 1.807) is 39.0 Å². The minimum absolute atomic E-state index is 0.297. The fraction of sp³-hybridized carbons (Fsp3) is 0.600. The number of halogens is 1. The minimum Gasteiger partial charge on any atom is -0.444 e. The predicted octanol–water partition coefficient (Wildman–Crippen LogP) is 2.25. The Kier molecular flexibility index (Phi) is 5.09. The van der Waals surface area contributed by atoms with Crippen LogP contribution in [0.2, 0.25) is 0 Å². The average Bonchev–Trinajstić information content (AvgIpc) is 2.39. The monoisotopic (exact) mass is 372 g/mol. The van der Waals surface area contributed by atoms with Crippen molar-refractivity contribution in [1.82, 2.24) is 9.88 Å². The molecule has 2 rings (SSSR count). The number of likely N-dealkylation sites (tertiary alicyclic amines) is 1. The Morgan fingerprint density at radius 2 is 2.09 bits per heavy atom. The predicted molar refractivity (Wildman–Crippen MR) is 84.2 cm³/mol. The molecular formula is C15H21BrN2O4. The van der Waals surface area contributed by atoms with Gasteiger partial charge in [-0.1, -0.05) is 6.07 Å². The minimum atomic E-state index is -1.11. The number of aliphatic hydroxyl groups excluding tert-OH is 2. The molecule has 0 saturated carbocycles. The topological polar surface area (TPSA) is 82.9 Å². The molecular weight excluding hydrogens is 352 g/mol. The molecule has 122 valence electrons. The Morgan fingerprint density at radius 3 is 2.68 bits per heavy atom. The van der Waals surface area contributed by atoms with Gasteiger partial charge in [-0.25, -0.2) is 9.78 Å². The molecule has 0 aromatic carbocycles. The summed E-state index contributed by atoms with van der Waals surface area (Å²) in [6.07, 6.45) is -2.23. The standard InChI is InChI=1S/C15H21BrN2O4/c1-15(2,3)22-14(21)18-8-7-10(19)13(20)12(18)9-5-4-6-11(16)17-9/h4-6,10,12-13,19-20H,7-8H2,1-3H3/t10-,12?,13+/m1/s1. The molecule has 1 aliphatic rings. The highest BCUT2D eigenvalue weighted by molar-refractivity contribution is 9.10. The van der Waals surface area contributed by atoms with Gasteiger partial charge in [0, 0.05) is 6.54 Å². The van der Waals surface area contributed by atoms with Crippen LogP contribution in [-0.2, 0) is 4.74 Å². The van der Waals surface area contributed by atoms with Gasteiger partial charge in [0.15, 0.2) is 0 Å². The third-order valence-electron chi connectivity index (χ3n) is 3.39. The first-order valence-corrected chi connectivity index (χ1v) is 7.96. The summed E-state index contributed by atoms with van der Waals surface area (Å²) in [5.74, 6) is 0. The summed E-state index contributed by atoms with van der Waals surface area (Å²) in [6, 6.07) is 4.50. The molecule has 1 aliphatic heterocycles. The van der Waals surface area contributed by atoms with Gasteiger partial charge in [-0.05, 0) is 55.3 Å². The van der Waals surface area contributed by atoms with E-state index in [0.717, 1.165) is 0 Å². The molecule has 7 heteroatoms. The molecule has 2 N–H and O–H groups in total. The van der Waals surface area contributed by atoms with Gasteiger partial charge in [0.05, 0.1) is 11.8 Å². The number of carbonyl (C=O) groups is 1. The van der Waals surface area contributed by atoms with Gasteiger partial charge in [0.1, 0.15) is 22.4 Å². The highest BCUT2D eigenvalue weighted by atomic mass is 79.9. The second kappa shape index (κ2) is 6.52. The van der Waals surface area contributed by atoms with Crippen LogP contribution >= 0.6 is 15.9 Å². The molecule has 0 spiro atoms. The lowest BCUT2D eigenvalue weighted by molar-refractivity contribution is -0.0816. The Hall–Kier alpha value is -1.18. The summed E-state index contributed by atoms with van der Waals surface area (Å²) >= 11 is 3.28. The van der Waals surface area contributed by atoms with Gasteiger partial charge in [0.25, 0.3) is 0 Å². The number of rotatable bonds is 1. The first-order valence-electron chi connectivity index (χ1n) is 7.17. The zero-order chi connectivity index (χ0) is 16.5. The zero-order valence-corrected chi connectivity index (χ0v) is 14.4. The molecule has 1 aromatic heterocycles. The van der Waals surface area contributed by atoms with E-state index >= 15 is 0 Å². The van der Waals surface area contributed by atoms with Gasteiger partial charge in [-0.15, -0.1) is 0 Å². The van der Waals surface area contributed by atoms with E-state index in [4.69, 9.17) is 4.74 Å². The van der Waals surface area contributed by atoms with Crippen LogP contribution in [-0.4, -0.2) is 50.5 Å². The van der Waals surface area contributed by atoms with Crippen LogP contribution in [0.25, 0.3) is 0 Å². The maximum atomic E-state index is 12.4. The maximum absolute atomic E-state index is 12.4. The Morgan fingerprint density at radius 1 is 1.41 bits per heavy atom. The molecule has 0 radical (unpaired) electrons. The van der Waals surface area contributed by atoms with E-state index < -0.39 is 29.9 Å². The molecule has 2 heterocycles. The molecule has 1 fully saturated rings. The molecule has 22 heavy (non-hydrogen) atoms. The quantitative estimate of drug-likeness (QED) is 0.738. The fourth-order valence-electron chi connectivity index (χ4n) is 2.42. The van der Waals surface area contributed by atoms with Crippen LogP contribution in [0.15, 0.2) is 22.8 Å². The van der Waals surface area contributed by atoms with E-state index in [1.165, 1.54) is 4.90 Å². The molecule has 1 aromatic rings. The van der Waals surface area contributed by atoms with Crippen molar-refractivity contribution in [2.24, 2.45) is 0 Å². The van der Waals surface area contributed by atoms with Crippen LogP contribution in [0, 0.1) is 0 Å². The summed E-state index contributed by atoms with van der Waals surface area (Å²) in [7, 11) is 0. The Labute approximate surface area is 138 Å².